The third kappa shape index (κ3) is 8.13. The summed E-state index contributed by atoms with van der Waals surface area (Å²) in [5, 5.41) is 0. The highest BCUT2D eigenvalue weighted by atomic mass is 19.3. The Morgan fingerprint density at radius 2 is 1.52 bits per heavy atom. The molecule has 0 aliphatic carbocycles. The van der Waals surface area contributed by atoms with Crippen LogP contribution in [-0.4, -0.2) is 44.8 Å². The van der Waals surface area contributed by atoms with Crippen molar-refractivity contribution in [3.8, 4) is 23.0 Å². The Balaban J connectivity index is 2.13. The summed E-state index contributed by atoms with van der Waals surface area (Å²) >= 11 is 0. The number of hydrogen-bond donors (Lipinski definition) is 0. The molecule has 6 nitrogen and oxygen atoms in total. The maximum absolute atomic E-state index is 12.7. The zero-order valence-corrected chi connectivity index (χ0v) is 17.3. The van der Waals surface area contributed by atoms with E-state index in [1.165, 1.54) is 49.4 Å². The van der Waals surface area contributed by atoms with Gasteiger partial charge in [-0.05, 0) is 35.9 Å². The molecule has 0 heterocycles. The minimum absolute atomic E-state index is 0.0221. The summed E-state index contributed by atoms with van der Waals surface area (Å²) in [5.41, 5.74) is 0.557. The molecule has 0 saturated carbocycles. The first-order valence-electron chi connectivity index (χ1n) is 9.17. The number of alkyl halides is 6. The van der Waals surface area contributed by atoms with Gasteiger partial charge in [-0.15, -0.1) is 0 Å². The van der Waals surface area contributed by atoms with E-state index in [1.54, 1.807) is 0 Å². The van der Waals surface area contributed by atoms with Crippen LogP contribution in [0.4, 0.5) is 26.3 Å². The van der Waals surface area contributed by atoms with Crippen LogP contribution in [0.15, 0.2) is 42.5 Å². The van der Waals surface area contributed by atoms with E-state index >= 15 is 0 Å². The van der Waals surface area contributed by atoms with E-state index in [9.17, 15) is 31.1 Å². The predicted molar refractivity (Wildman–Crippen MR) is 105 cm³/mol. The summed E-state index contributed by atoms with van der Waals surface area (Å²) in [4.78, 5) is 13.7. The third-order valence-corrected chi connectivity index (χ3v) is 4.07. The Morgan fingerprint density at radius 1 is 0.879 bits per heavy atom. The number of halogens is 6. The second kappa shape index (κ2) is 11.9. The van der Waals surface area contributed by atoms with Crippen LogP contribution >= 0.6 is 0 Å². The van der Waals surface area contributed by atoms with E-state index in [1.807, 2.05) is 0 Å². The molecule has 0 fully saturated rings. The molecule has 2 aromatic carbocycles. The highest BCUT2D eigenvalue weighted by Crippen LogP contribution is 2.30. The van der Waals surface area contributed by atoms with Crippen molar-refractivity contribution in [2.75, 3.05) is 14.2 Å². The predicted octanol–water partition coefficient (Wildman–Crippen LogP) is 5.17. The molecule has 0 N–H and O–H groups in total. The highest BCUT2D eigenvalue weighted by Gasteiger charge is 2.15. The van der Waals surface area contributed by atoms with Crippen molar-refractivity contribution >= 4 is 12.0 Å². The summed E-state index contributed by atoms with van der Waals surface area (Å²) in [6.45, 7) is -9.37. The first-order chi connectivity index (χ1) is 15.6. The molecule has 0 saturated heterocycles. The lowest BCUT2D eigenvalue weighted by molar-refractivity contribution is -0.125. The number of likely N-dealkylation sites (N-methyl/N-ethyl adjacent to an activating group) is 1. The molecular weight excluding hydrogens is 460 g/mol. The number of amides is 1. The van der Waals surface area contributed by atoms with Crippen LogP contribution in [0.25, 0.3) is 6.08 Å². The third-order valence-electron chi connectivity index (χ3n) is 4.07. The Labute approximate surface area is 184 Å². The lowest BCUT2D eigenvalue weighted by Crippen LogP contribution is -2.24. The van der Waals surface area contributed by atoms with Crippen molar-refractivity contribution in [2.24, 2.45) is 0 Å². The van der Waals surface area contributed by atoms with Crippen molar-refractivity contribution in [3.63, 3.8) is 0 Å². The molecule has 0 atom stereocenters. The van der Waals surface area contributed by atoms with Gasteiger partial charge in [0.05, 0.1) is 7.11 Å². The zero-order chi connectivity index (χ0) is 24.5. The molecule has 2 aromatic rings. The minimum Gasteiger partial charge on any atom is -0.493 e. The second-order valence-electron chi connectivity index (χ2n) is 6.35. The largest absolute Gasteiger partial charge is 0.493 e. The smallest absolute Gasteiger partial charge is 0.387 e. The fourth-order valence-electron chi connectivity index (χ4n) is 2.67. The molecule has 0 unspecified atom stereocenters. The summed E-state index contributed by atoms with van der Waals surface area (Å²) in [6.07, 6.45) is 2.23. The molecule has 0 spiro atoms. The van der Waals surface area contributed by atoms with Gasteiger partial charge in [0.15, 0.2) is 11.5 Å². The van der Waals surface area contributed by atoms with Crippen molar-refractivity contribution in [1.82, 2.24) is 4.90 Å². The molecule has 0 bridgehead atoms. The average molecular weight is 479 g/mol. The van der Waals surface area contributed by atoms with Crippen molar-refractivity contribution in [2.45, 2.75) is 26.4 Å². The fourth-order valence-corrected chi connectivity index (χ4v) is 2.67. The topological polar surface area (TPSA) is 57.2 Å². The molecular formula is C21H19F6NO5. The molecule has 0 aliphatic rings. The number of rotatable bonds is 11. The molecule has 33 heavy (non-hydrogen) atoms. The summed E-state index contributed by atoms with van der Waals surface area (Å²) in [6, 6.07) is 7.28. The number of benzene rings is 2. The zero-order valence-electron chi connectivity index (χ0n) is 17.3. The van der Waals surface area contributed by atoms with E-state index in [2.05, 4.69) is 14.2 Å². The molecule has 0 radical (unpaired) electrons. The molecule has 2 rings (SSSR count). The van der Waals surface area contributed by atoms with Crippen LogP contribution in [0, 0.1) is 0 Å². The maximum atomic E-state index is 12.7. The number of carbonyl (C=O) groups excluding carboxylic acids is 1. The first-order valence-corrected chi connectivity index (χ1v) is 9.17. The van der Waals surface area contributed by atoms with Crippen LogP contribution in [0.5, 0.6) is 23.0 Å². The minimum atomic E-state index is -3.23. The van der Waals surface area contributed by atoms with Gasteiger partial charge in [-0.1, -0.05) is 6.07 Å². The van der Waals surface area contributed by atoms with Crippen LogP contribution in [-0.2, 0) is 11.3 Å². The van der Waals surface area contributed by atoms with Crippen molar-refractivity contribution in [3.05, 3.63) is 53.6 Å². The van der Waals surface area contributed by atoms with Gasteiger partial charge in [0.1, 0.15) is 11.5 Å². The summed E-state index contributed by atoms with van der Waals surface area (Å²) in [5.74, 6) is -1.53. The molecule has 1 amide bonds. The SMILES string of the molecule is COc1cc(CN(C)C(=O)/C=C/c2ccc(OC(F)F)cc2OC(F)F)ccc1OC(F)F. The van der Waals surface area contributed by atoms with Crippen LogP contribution in [0.2, 0.25) is 0 Å². The molecule has 180 valence electrons. The summed E-state index contributed by atoms with van der Waals surface area (Å²) < 4.78 is 92.6. The first kappa shape index (κ1) is 25.7. The standard InChI is InChI=1S/C21H19F6NO5/c1-28(11-12-3-7-15(32-20(24)25)17(9-12)30-2)18(29)8-5-13-4-6-14(31-19(22)23)10-16(13)33-21(26)27/h3-10,19-21H,11H2,1-2H3/b8-5+. The molecule has 0 aliphatic heterocycles. The van der Waals surface area contributed by atoms with Gasteiger partial charge in [0.2, 0.25) is 5.91 Å². The lowest BCUT2D eigenvalue weighted by Gasteiger charge is -2.17. The lowest BCUT2D eigenvalue weighted by atomic mass is 10.1. The van der Waals surface area contributed by atoms with Gasteiger partial charge >= 0.3 is 19.8 Å². The van der Waals surface area contributed by atoms with Crippen LogP contribution in [0.3, 0.4) is 0 Å². The van der Waals surface area contributed by atoms with E-state index in [4.69, 9.17) is 4.74 Å². The van der Waals surface area contributed by atoms with E-state index in [-0.39, 0.29) is 23.6 Å². The number of carbonyl (C=O) groups is 1. The molecule has 12 heteroatoms. The van der Waals surface area contributed by atoms with Crippen molar-refractivity contribution < 1.29 is 50.1 Å². The van der Waals surface area contributed by atoms with Gasteiger partial charge in [0.25, 0.3) is 0 Å². The number of methoxy groups -OCH3 is 1. The van der Waals surface area contributed by atoms with Crippen LogP contribution < -0.4 is 18.9 Å². The normalized spacial score (nSPS) is 11.4. The van der Waals surface area contributed by atoms with E-state index in [0.717, 1.165) is 18.2 Å². The van der Waals surface area contributed by atoms with Gasteiger partial charge in [0, 0.05) is 31.3 Å². The van der Waals surface area contributed by atoms with Gasteiger partial charge in [-0.25, -0.2) is 0 Å². The maximum Gasteiger partial charge on any atom is 0.387 e. The van der Waals surface area contributed by atoms with Crippen molar-refractivity contribution in [1.29, 1.82) is 0 Å². The van der Waals surface area contributed by atoms with Crippen LogP contribution in [0.1, 0.15) is 11.1 Å². The van der Waals surface area contributed by atoms with Gasteiger partial charge in [-0.3, -0.25) is 4.79 Å². The van der Waals surface area contributed by atoms with E-state index < -0.39 is 37.2 Å². The quantitative estimate of drug-likeness (QED) is 0.329. The second-order valence-corrected chi connectivity index (χ2v) is 6.35. The fraction of sp³-hybridized carbons (Fsp3) is 0.286. The van der Waals surface area contributed by atoms with Gasteiger partial charge in [-0.2, -0.15) is 26.3 Å². The highest BCUT2D eigenvalue weighted by molar-refractivity contribution is 5.92. The number of ether oxygens (including phenoxy) is 4. The Kier molecular flexibility index (Phi) is 9.25. The van der Waals surface area contributed by atoms with Gasteiger partial charge < -0.3 is 23.8 Å². The molecule has 0 aromatic heterocycles. The average Bonchev–Trinajstić information content (AvgIpc) is 2.72. The van der Waals surface area contributed by atoms with E-state index in [0.29, 0.717) is 5.56 Å². The summed E-state index contributed by atoms with van der Waals surface area (Å²) in [7, 11) is 2.71. The monoisotopic (exact) mass is 479 g/mol. The number of nitrogens with zero attached hydrogens (tertiary/aromatic N) is 1. The Bertz CT molecular complexity index is 970. The number of hydrogen-bond acceptors (Lipinski definition) is 5. The Morgan fingerprint density at radius 3 is 2.12 bits per heavy atom. The Hall–Kier alpha value is -3.57.